The van der Waals surface area contributed by atoms with E-state index in [0.717, 1.165) is 23.7 Å². The summed E-state index contributed by atoms with van der Waals surface area (Å²) in [5.74, 6) is -1.98. The molecule has 0 atom stereocenters. The van der Waals surface area contributed by atoms with Crippen molar-refractivity contribution in [2.75, 3.05) is 11.0 Å². The molecular formula is C14H10F2N2O4S3. The van der Waals surface area contributed by atoms with Crippen LogP contribution in [-0.4, -0.2) is 28.1 Å². The van der Waals surface area contributed by atoms with Crippen LogP contribution in [0.2, 0.25) is 0 Å². The normalized spacial score (nSPS) is 12.4. The van der Waals surface area contributed by atoms with Gasteiger partial charge in [-0.15, -0.1) is 11.3 Å². The van der Waals surface area contributed by atoms with E-state index in [0.29, 0.717) is 22.3 Å². The number of halogens is 2. The number of hydrogen-bond acceptors (Lipinski definition) is 6. The fraction of sp³-hybridized carbons (Fsp3) is 0.0714. The number of benzene rings is 2. The smallest absolute Gasteiger partial charge is 0.264 e. The summed E-state index contributed by atoms with van der Waals surface area (Å²) < 4.78 is 76.9. The summed E-state index contributed by atoms with van der Waals surface area (Å²) in [4.78, 5) is 3.12. The fourth-order valence-corrected chi connectivity index (χ4v) is 5.03. The highest BCUT2D eigenvalue weighted by Gasteiger charge is 2.21. The van der Waals surface area contributed by atoms with Crippen LogP contribution in [0.5, 0.6) is 0 Å². The summed E-state index contributed by atoms with van der Waals surface area (Å²) in [6.07, 6.45) is 1.01. The third-order valence-corrected chi connectivity index (χ3v) is 7.21. The predicted octanol–water partition coefficient (Wildman–Crippen LogP) is 2.78. The Morgan fingerprint density at radius 3 is 2.44 bits per heavy atom. The third-order valence-electron chi connectivity index (χ3n) is 3.12. The molecule has 0 bridgehead atoms. The number of sulfonamides is 1. The molecule has 11 heteroatoms. The maximum absolute atomic E-state index is 13.7. The number of rotatable bonds is 4. The molecule has 0 fully saturated rings. The Morgan fingerprint density at radius 2 is 1.76 bits per heavy atom. The van der Waals surface area contributed by atoms with Crippen molar-refractivity contribution in [1.82, 2.24) is 4.98 Å². The van der Waals surface area contributed by atoms with Crippen molar-refractivity contribution in [3.05, 3.63) is 48.0 Å². The van der Waals surface area contributed by atoms with Crippen molar-refractivity contribution in [2.24, 2.45) is 0 Å². The van der Waals surface area contributed by atoms with E-state index in [1.165, 1.54) is 18.2 Å². The van der Waals surface area contributed by atoms with Crippen LogP contribution in [-0.2, 0) is 19.9 Å². The zero-order chi connectivity index (χ0) is 18.4. The molecule has 0 aliphatic carbocycles. The van der Waals surface area contributed by atoms with Gasteiger partial charge in [0, 0.05) is 6.26 Å². The van der Waals surface area contributed by atoms with Crippen molar-refractivity contribution < 1.29 is 25.6 Å². The van der Waals surface area contributed by atoms with Gasteiger partial charge >= 0.3 is 0 Å². The number of anilines is 1. The third kappa shape index (κ3) is 3.62. The first kappa shape index (κ1) is 17.7. The van der Waals surface area contributed by atoms with Gasteiger partial charge in [-0.2, -0.15) is 0 Å². The standard InChI is InChI=1S/C14H10F2N2O4S3/c1-24(19,20)14-17-11-5-3-9(7-12(11)23-14)18-25(21,22)13-6-8(15)2-4-10(13)16/h2-7,18H,1H3. The monoisotopic (exact) mass is 404 g/mol. The summed E-state index contributed by atoms with van der Waals surface area (Å²) >= 11 is 0.878. The van der Waals surface area contributed by atoms with Crippen LogP contribution in [0.15, 0.2) is 45.6 Å². The Hall–Kier alpha value is -2.11. The first-order valence-electron chi connectivity index (χ1n) is 6.65. The minimum Gasteiger partial charge on any atom is -0.279 e. The SMILES string of the molecule is CS(=O)(=O)c1nc2ccc(NS(=O)(=O)c3cc(F)ccc3F)cc2s1. The van der Waals surface area contributed by atoms with Gasteiger partial charge in [0.2, 0.25) is 14.2 Å². The Balaban J connectivity index is 2.01. The number of aromatic nitrogens is 1. The largest absolute Gasteiger partial charge is 0.279 e. The summed E-state index contributed by atoms with van der Waals surface area (Å²) in [5.41, 5.74) is 0.449. The Morgan fingerprint density at radius 1 is 1.04 bits per heavy atom. The molecule has 0 amide bonds. The van der Waals surface area contributed by atoms with Gasteiger partial charge in [-0.1, -0.05) is 0 Å². The molecule has 1 N–H and O–H groups in total. The van der Waals surface area contributed by atoms with Crippen LogP contribution in [0.1, 0.15) is 0 Å². The van der Waals surface area contributed by atoms with E-state index in [9.17, 15) is 25.6 Å². The van der Waals surface area contributed by atoms with Crippen molar-refractivity contribution in [3.63, 3.8) is 0 Å². The van der Waals surface area contributed by atoms with Gasteiger partial charge in [-0.3, -0.25) is 4.72 Å². The second-order valence-electron chi connectivity index (χ2n) is 5.11. The van der Waals surface area contributed by atoms with Gasteiger partial charge < -0.3 is 0 Å². The molecule has 6 nitrogen and oxygen atoms in total. The molecule has 25 heavy (non-hydrogen) atoms. The second kappa shape index (κ2) is 6.00. The van der Waals surface area contributed by atoms with E-state index in [1.54, 1.807) is 0 Å². The van der Waals surface area contributed by atoms with Gasteiger partial charge in [0.05, 0.1) is 15.9 Å². The fourth-order valence-electron chi connectivity index (χ4n) is 2.02. The molecule has 0 spiro atoms. The average molecular weight is 404 g/mol. The summed E-state index contributed by atoms with van der Waals surface area (Å²) in [7, 11) is -7.84. The molecule has 132 valence electrons. The highest BCUT2D eigenvalue weighted by atomic mass is 32.2. The minimum atomic E-state index is -4.36. The van der Waals surface area contributed by atoms with Gasteiger partial charge in [-0.05, 0) is 36.4 Å². The van der Waals surface area contributed by atoms with Crippen LogP contribution < -0.4 is 4.72 Å². The Bertz CT molecular complexity index is 1190. The molecule has 3 aromatic rings. The topological polar surface area (TPSA) is 93.2 Å². The Kier molecular flexibility index (Phi) is 4.25. The van der Waals surface area contributed by atoms with Crippen LogP contribution in [0, 0.1) is 11.6 Å². The minimum absolute atomic E-state index is 0.0693. The maximum atomic E-state index is 13.7. The van der Waals surface area contributed by atoms with Crippen LogP contribution in [0.4, 0.5) is 14.5 Å². The summed E-state index contributed by atoms with van der Waals surface area (Å²) in [6, 6.07) is 6.25. The van der Waals surface area contributed by atoms with Crippen LogP contribution >= 0.6 is 11.3 Å². The number of hydrogen-bond donors (Lipinski definition) is 1. The van der Waals surface area contributed by atoms with Crippen molar-refractivity contribution in [2.45, 2.75) is 9.24 Å². The van der Waals surface area contributed by atoms with E-state index in [1.807, 2.05) is 0 Å². The molecule has 0 aliphatic heterocycles. The van der Waals surface area contributed by atoms with E-state index < -0.39 is 36.4 Å². The highest BCUT2D eigenvalue weighted by Crippen LogP contribution is 2.29. The molecule has 0 unspecified atom stereocenters. The highest BCUT2D eigenvalue weighted by molar-refractivity contribution is 7.93. The molecule has 1 aromatic heterocycles. The molecule has 0 radical (unpaired) electrons. The molecule has 2 aromatic carbocycles. The molecule has 0 saturated heterocycles. The van der Waals surface area contributed by atoms with E-state index in [4.69, 9.17) is 0 Å². The predicted molar refractivity (Wildman–Crippen MR) is 89.9 cm³/mol. The van der Waals surface area contributed by atoms with Gasteiger partial charge in [0.25, 0.3) is 10.0 Å². The zero-order valence-electron chi connectivity index (χ0n) is 12.5. The molecule has 3 rings (SSSR count). The van der Waals surface area contributed by atoms with Gasteiger partial charge in [-0.25, -0.2) is 30.6 Å². The summed E-state index contributed by atoms with van der Waals surface area (Å²) in [5, 5.41) is 0. The average Bonchev–Trinajstić information content (AvgIpc) is 2.92. The van der Waals surface area contributed by atoms with Gasteiger partial charge in [0.1, 0.15) is 16.5 Å². The van der Waals surface area contributed by atoms with Crippen LogP contribution in [0.25, 0.3) is 10.2 Å². The Labute approximate surface area is 146 Å². The lowest BCUT2D eigenvalue weighted by molar-refractivity contribution is 0.555. The lowest BCUT2D eigenvalue weighted by Gasteiger charge is -2.09. The molecule has 0 aliphatic rings. The number of thiazole rings is 1. The number of fused-ring (bicyclic) bond motifs is 1. The first-order chi connectivity index (χ1) is 11.6. The summed E-state index contributed by atoms with van der Waals surface area (Å²) in [6.45, 7) is 0. The van der Waals surface area contributed by atoms with Gasteiger partial charge in [0.15, 0.2) is 0 Å². The van der Waals surface area contributed by atoms with Crippen LogP contribution in [0.3, 0.4) is 0 Å². The lowest BCUT2D eigenvalue weighted by Crippen LogP contribution is -2.14. The zero-order valence-corrected chi connectivity index (χ0v) is 15.0. The lowest BCUT2D eigenvalue weighted by atomic mass is 10.3. The first-order valence-corrected chi connectivity index (χ1v) is 10.8. The molecular weight excluding hydrogens is 394 g/mol. The van der Waals surface area contributed by atoms with Crippen molar-refractivity contribution in [3.8, 4) is 0 Å². The molecule has 0 saturated carbocycles. The van der Waals surface area contributed by atoms with Crippen molar-refractivity contribution in [1.29, 1.82) is 0 Å². The molecule has 1 heterocycles. The quantitative estimate of drug-likeness (QED) is 0.722. The van der Waals surface area contributed by atoms with Crippen molar-refractivity contribution >= 4 is 47.1 Å². The second-order valence-corrected chi connectivity index (χ2v) is 9.99. The number of sulfone groups is 1. The maximum Gasteiger partial charge on any atom is 0.264 e. The van der Waals surface area contributed by atoms with E-state index in [2.05, 4.69) is 9.71 Å². The number of nitrogens with zero attached hydrogens (tertiary/aromatic N) is 1. The van der Waals surface area contributed by atoms with E-state index in [-0.39, 0.29) is 10.0 Å². The van der Waals surface area contributed by atoms with E-state index >= 15 is 0 Å². The number of nitrogens with one attached hydrogen (secondary N) is 1.